The van der Waals surface area contributed by atoms with Gasteiger partial charge in [-0.2, -0.15) is 0 Å². The van der Waals surface area contributed by atoms with E-state index in [-0.39, 0.29) is 23.9 Å². The molecule has 1 fully saturated rings. The molecule has 138 valence electrons. The summed E-state index contributed by atoms with van der Waals surface area (Å²) in [7, 11) is 1.66. The smallest absolute Gasteiger partial charge is 0.243 e. The largest absolute Gasteiger partial charge is 0.497 e. The van der Waals surface area contributed by atoms with Gasteiger partial charge in [0, 0.05) is 19.0 Å². The van der Waals surface area contributed by atoms with Crippen LogP contribution in [0.2, 0.25) is 0 Å². The molecule has 0 aliphatic carbocycles. The van der Waals surface area contributed by atoms with Crippen LogP contribution in [0.3, 0.4) is 0 Å². The lowest BCUT2D eigenvalue weighted by atomic mass is 10.00. The lowest BCUT2D eigenvalue weighted by Crippen LogP contribution is -2.53. The highest BCUT2D eigenvalue weighted by atomic mass is 16.5. The van der Waals surface area contributed by atoms with Crippen molar-refractivity contribution in [1.82, 2.24) is 10.2 Å². The first-order valence-electron chi connectivity index (χ1n) is 9.28. The zero-order valence-electron chi connectivity index (χ0n) is 15.6. The standard InChI is InChI=1S/C20H30N2O3/c1-4-19(23)22-14-6-5-7-18(22)20(24)21-15(2)8-9-16-10-12-17(25-3)13-11-16/h10-13,15,18H,4-9,14H2,1-3H3,(H,21,24)/t15-,18+/m0/s1. The second kappa shape index (κ2) is 9.44. The van der Waals surface area contributed by atoms with Gasteiger partial charge >= 0.3 is 0 Å². The van der Waals surface area contributed by atoms with E-state index in [0.29, 0.717) is 13.0 Å². The van der Waals surface area contributed by atoms with E-state index >= 15 is 0 Å². The quantitative estimate of drug-likeness (QED) is 0.826. The van der Waals surface area contributed by atoms with Gasteiger partial charge in [0.1, 0.15) is 11.8 Å². The van der Waals surface area contributed by atoms with Crippen molar-refractivity contribution in [1.29, 1.82) is 0 Å². The lowest BCUT2D eigenvalue weighted by Gasteiger charge is -2.35. The molecule has 0 unspecified atom stereocenters. The van der Waals surface area contributed by atoms with E-state index < -0.39 is 0 Å². The zero-order valence-corrected chi connectivity index (χ0v) is 15.6. The predicted octanol–water partition coefficient (Wildman–Crippen LogP) is 2.92. The zero-order chi connectivity index (χ0) is 18.2. The van der Waals surface area contributed by atoms with Crippen LogP contribution in [0.1, 0.15) is 51.5 Å². The van der Waals surface area contributed by atoms with E-state index in [2.05, 4.69) is 17.4 Å². The van der Waals surface area contributed by atoms with Gasteiger partial charge in [-0.05, 0) is 56.7 Å². The Morgan fingerprint density at radius 3 is 2.64 bits per heavy atom. The number of nitrogens with one attached hydrogen (secondary N) is 1. The summed E-state index contributed by atoms with van der Waals surface area (Å²) in [5.41, 5.74) is 1.22. The number of nitrogens with zero attached hydrogens (tertiary/aromatic N) is 1. The number of methoxy groups -OCH3 is 1. The molecule has 1 aliphatic heterocycles. The third kappa shape index (κ3) is 5.48. The minimum Gasteiger partial charge on any atom is -0.497 e. The molecule has 2 rings (SSSR count). The second-order valence-electron chi connectivity index (χ2n) is 6.75. The van der Waals surface area contributed by atoms with Crippen molar-refractivity contribution >= 4 is 11.8 Å². The number of rotatable bonds is 7. The number of ether oxygens (including phenoxy) is 1. The van der Waals surface area contributed by atoms with Gasteiger partial charge in [0.2, 0.25) is 11.8 Å². The summed E-state index contributed by atoms with van der Waals surface area (Å²) < 4.78 is 5.16. The van der Waals surface area contributed by atoms with Crippen molar-refractivity contribution in [2.75, 3.05) is 13.7 Å². The van der Waals surface area contributed by atoms with Gasteiger partial charge in [-0.25, -0.2) is 0 Å². The molecule has 2 amide bonds. The molecule has 25 heavy (non-hydrogen) atoms. The first-order chi connectivity index (χ1) is 12.0. The summed E-state index contributed by atoms with van der Waals surface area (Å²) >= 11 is 0. The Hall–Kier alpha value is -2.04. The van der Waals surface area contributed by atoms with Gasteiger partial charge in [-0.3, -0.25) is 9.59 Å². The maximum Gasteiger partial charge on any atom is 0.243 e. The molecule has 5 nitrogen and oxygen atoms in total. The number of hydrogen-bond donors (Lipinski definition) is 1. The maximum atomic E-state index is 12.6. The molecule has 5 heteroatoms. The van der Waals surface area contributed by atoms with Crippen LogP contribution in [-0.4, -0.2) is 42.5 Å². The molecule has 1 N–H and O–H groups in total. The topological polar surface area (TPSA) is 58.6 Å². The first kappa shape index (κ1) is 19.3. The van der Waals surface area contributed by atoms with Crippen molar-refractivity contribution < 1.29 is 14.3 Å². The monoisotopic (exact) mass is 346 g/mol. The number of likely N-dealkylation sites (tertiary alicyclic amines) is 1. The van der Waals surface area contributed by atoms with Crippen molar-refractivity contribution in [3.8, 4) is 5.75 Å². The molecule has 1 aromatic carbocycles. The predicted molar refractivity (Wildman–Crippen MR) is 98.6 cm³/mol. The first-order valence-corrected chi connectivity index (χ1v) is 9.28. The summed E-state index contributed by atoms with van der Waals surface area (Å²) in [5.74, 6) is 0.914. The number of hydrogen-bond acceptors (Lipinski definition) is 3. The average Bonchev–Trinajstić information content (AvgIpc) is 2.66. The number of carbonyl (C=O) groups excluding carboxylic acids is 2. The van der Waals surface area contributed by atoms with Gasteiger partial charge in [0.15, 0.2) is 0 Å². The van der Waals surface area contributed by atoms with Gasteiger partial charge in [-0.1, -0.05) is 19.1 Å². The van der Waals surface area contributed by atoms with Crippen LogP contribution in [0.15, 0.2) is 24.3 Å². The fraction of sp³-hybridized carbons (Fsp3) is 0.600. The Balaban J connectivity index is 1.84. The Labute approximate surface area is 150 Å². The number of piperidine rings is 1. The van der Waals surface area contributed by atoms with E-state index in [4.69, 9.17) is 4.74 Å². The molecule has 1 aliphatic rings. The van der Waals surface area contributed by atoms with Gasteiger partial charge in [-0.15, -0.1) is 0 Å². The van der Waals surface area contributed by atoms with E-state index in [1.807, 2.05) is 26.0 Å². The summed E-state index contributed by atoms with van der Waals surface area (Å²) in [5, 5.41) is 3.09. The van der Waals surface area contributed by atoms with Crippen molar-refractivity contribution in [3.63, 3.8) is 0 Å². The molecule has 0 saturated carbocycles. The highest BCUT2D eigenvalue weighted by molar-refractivity contribution is 5.87. The lowest BCUT2D eigenvalue weighted by molar-refractivity contribution is -0.142. The minimum atomic E-state index is -0.301. The van der Waals surface area contributed by atoms with Crippen molar-refractivity contribution in [3.05, 3.63) is 29.8 Å². The Morgan fingerprint density at radius 2 is 2.00 bits per heavy atom. The number of amides is 2. The van der Waals surface area contributed by atoms with E-state index in [1.165, 1.54) is 5.56 Å². The maximum absolute atomic E-state index is 12.6. The molecule has 1 saturated heterocycles. The number of aryl methyl sites for hydroxylation is 1. The Bertz CT molecular complexity index is 571. The van der Waals surface area contributed by atoms with E-state index in [9.17, 15) is 9.59 Å². The molecule has 0 radical (unpaired) electrons. The third-order valence-electron chi connectivity index (χ3n) is 4.84. The Morgan fingerprint density at radius 1 is 1.28 bits per heavy atom. The van der Waals surface area contributed by atoms with Gasteiger partial charge < -0.3 is 15.0 Å². The van der Waals surface area contributed by atoms with Crippen LogP contribution in [-0.2, 0) is 16.0 Å². The van der Waals surface area contributed by atoms with Gasteiger partial charge in [0.25, 0.3) is 0 Å². The van der Waals surface area contributed by atoms with Crippen LogP contribution in [0.25, 0.3) is 0 Å². The fourth-order valence-corrected chi connectivity index (χ4v) is 3.29. The molecule has 1 heterocycles. The molecular weight excluding hydrogens is 316 g/mol. The minimum absolute atomic E-state index is 0.0104. The van der Waals surface area contributed by atoms with Crippen LogP contribution < -0.4 is 10.1 Å². The third-order valence-corrected chi connectivity index (χ3v) is 4.84. The van der Waals surface area contributed by atoms with E-state index in [1.54, 1.807) is 12.0 Å². The summed E-state index contributed by atoms with van der Waals surface area (Å²) in [6.07, 6.45) is 4.98. The van der Waals surface area contributed by atoms with Crippen molar-refractivity contribution in [2.24, 2.45) is 0 Å². The molecule has 1 aromatic rings. The summed E-state index contributed by atoms with van der Waals surface area (Å²) in [4.78, 5) is 26.4. The molecule has 0 bridgehead atoms. The number of carbonyl (C=O) groups is 2. The van der Waals surface area contributed by atoms with E-state index in [0.717, 1.165) is 37.9 Å². The van der Waals surface area contributed by atoms with Crippen LogP contribution in [0, 0.1) is 0 Å². The normalized spacial score (nSPS) is 18.5. The van der Waals surface area contributed by atoms with Gasteiger partial charge in [0.05, 0.1) is 7.11 Å². The molecular formula is C20H30N2O3. The molecule has 0 spiro atoms. The van der Waals surface area contributed by atoms with Crippen LogP contribution in [0.4, 0.5) is 0 Å². The number of benzene rings is 1. The van der Waals surface area contributed by atoms with Crippen molar-refractivity contribution in [2.45, 2.75) is 64.5 Å². The Kier molecular flexibility index (Phi) is 7.29. The fourth-order valence-electron chi connectivity index (χ4n) is 3.29. The second-order valence-corrected chi connectivity index (χ2v) is 6.75. The average molecular weight is 346 g/mol. The highest BCUT2D eigenvalue weighted by Gasteiger charge is 2.31. The van der Waals surface area contributed by atoms with Crippen LogP contribution in [0.5, 0.6) is 5.75 Å². The summed E-state index contributed by atoms with van der Waals surface area (Å²) in [6, 6.07) is 7.79. The SMILES string of the molecule is CCC(=O)N1CCCC[C@@H]1C(=O)N[C@@H](C)CCc1ccc(OC)cc1. The van der Waals surface area contributed by atoms with Crippen LogP contribution >= 0.6 is 0 Å². The highest BCUT2D eigenvalue weighted by Crippen LogP contribution is 2.19. The molecule has 2 atom stereocenters. The molecule has 0 aromatic heterocycles. The summed E-state index contributed by atoms with van der Waals surface area (Å²) in [6.45, 7) is 4.57.